The fourth-order valence-corrected chi connectivity index (χ4v) is 3.86. The Hall–Kier alpha value is -4.39. The number of carbonyl (C=O) groups excluding carboxylic acids is 1. The number of amides is 1. The highest BCUT2D eigenvalue weighted by atomic mass is 16.5. The van der Waals surface area contributed by atoms with E-state index >= 15 is 0 Å². The first-order valence-corrected chi connectivity index (χ1v) is 10.2. The number of nitrogens with one attached hydrogen (secondary N) is 3. The zero-order valence-corrected chi connectivity index (χ0v) is 16.9. The van der Waals surface area contributed by atoms with E-state index in [1.54, 1.807) is 18.2 Å². The number of hydrogen-bond acceptors (Lipinski definition) is 4. The Morgan fingerprint density at radius 3 is 2.19 bits per heavy atom. The molecule has 1 aromatic heterocycles. The van der Waals surface area contributed by atoms with Crippen molar-refractivity contribution < 1.29 is 9.53 Å². The van der Waals surface area contributed by atoms with Crippen LogP contribution in [0.1, 0.15) is 38.7 Å². The van der Waals surface area contributed by atoms with Gasteiger partial charge in [-0.2, -0.15) is 0 Å². The molecule has 32 heavy (non-hydrogen) atoms. The van der Waals surface area contributed by atoms with Crippen LogP contribution < -0.4 is 21.3 Å². The lowest BCUT2D eigenvalue weighted by Crippen LogP contribution is -2.30. The summed E-state index contributed by atoms with van der Waals surface area (Å²) < 4.78 is 5.69. The quantitative estimate of drug-likeness (QED) is 0.411. The topological polar surface area (TPSA) is 104 Å². The molecule has 0 unspecified atom stereocenters. The third-order valence-corrected chi connectivity index (χ3v) is 5.45. The Kier molecular flexibility index (Phi) is 4.91. The fourth-order valence-electron chi connectivity index (χ4n) is 3.86. The Balaban J connectivity index is 1.45. The van der Waals surface area contributed by atoms with Gasteiger partial charge in [-0.3, -0.25) is 19.6 Å². The summed E-state index contributed by atoms with van der Waals surface area (Å²) in [6.07, 6.45) is 0.249. The van der Waals surface area contributed by atoms with E-state index in [1.807, 2.05) is 60.7 Å². The zero-order chi connectivity index (χ0) is 22.1. The van der Waals surface area contributed by atoms with Crippen LogP contribution in [0.3, 0.4) is 0 Å². The summed E-state index contributed by atoms with van der Waals surface area (Å²) in [4.78, 5) is 41.5. The van der Waals surface area contributed by atoms with Gasteiger partial charge in [-0.15, -0.1) is 0 Å². The zero-order valence-electron chi connectivity index (χ0n) is 16.9. The second kappa shape index (κ2) is 8.03. The molecule has 5 rings (SSSR count). The molecular weight excluding hydrogens is 406 g/mol. The van der Waals surface area contributed by atoms with Crippen LogP contribution in [0.4, 0.5) is 0 Å². The van der Waals surface area contributed by atoms with Crippen LogP contribution in [0.15, 0.2) is 88.5 Å². The van der Waals surface area contributed by atoms with Crippen LogP contribution >= 0.6 is 0 Å². The van der Waals surface area contributed by atoms with Crippen molar-refractivity contribution in [2.45, 2.75) is 12.5 Å². The third-order valence-electron chi connectivity index (χ3n) is 5.45. The Bertz CT molecular complexity index is 1370. The summed E-state index contributed by atoms with van der Waals surface area (Å²) in [5.74, 6) is 0.390. The normalized spacial score (nSPS) is 11.9. The molecule has 1 aliphatic heterocycles. The largest absolute Gasteiger partial charge is 0.440 e. The Labute approximate surface area is 182 Å². The Morgan fingerprint density at radius 1 is 0.875 bits per heavy atom. The Morgan fingerprint density at radius 2 is 1.53 bits per heavy atom. The van der Waals surface area contributed by atoms with Gasteiger partial charge in [0, 0.05) is 17.5 Å². The predicted molar refractivity (Wildman–Crippen MR) is 119 cm³/mol. The molecule has 0 radical (unpaired) electrons. The van der Waals surface area contributed by atoms with E-state index in [1.165, 1.54) is 0 Å². The van der Waals surface area contributed by atoms with Crippen molar-refractivity contribution in [2.24, 2.45) is 0 Å². The lowest BCUT2D eigenvalue weighted by molar-refractivity contribution is 0.0943. The summed E-state index contributed by atoms with van der Waals surface area (Å²) >= 11 is 0. The van der Waals surface area contributed by atoms with Gasteiger partial charge in [0.15, 0.2) is 0 Å². The number of H-pyrrole nitrogens is 2. The number of ether oxygens (including phenoxy) is 1. The second-order valence-corrected chi connectivity index (χ2v) is 7.55. The lowest BCUT2D eigenvalue weighted by Gasteiger charge is -2.22. The van der Waals surface area contributed by atoms with E-state index in [9.17, 15) is 14.4 Å². The maximum absolute atomic E-state index is 13.2. The molecular formula is C25H19N3O4. The molecule has 4 aromatic rings. The van der Waals surface area contributed by atoms with Gasteiger partial charge in [-0.05, 0) is 29.3 Å². The lowest BCUT2D eigenvalue weighted by atomic mass is 9.97. The minimum atomic E-state index is -0.624. The molecule has 7 heteroatoms. The van der Waals surface area contributed by atoms with Crippen LogP contribution in [0.25, 0.3) is 0 Å². The van der Waals surface area contributed by atoms with Crippen molar-refractivity contribution in [2.75, 3.05) is 0 Å². The van der Waals surface area contributed by atoms with Crippen molar-refractivity contribution in [3.05, 3.63) is 128 Å². The maximum Gasteiger partial charge on any atom is 0.328 e. The molecule has 3 N–H and O–H groups in total. The number of fused-ring (bicyclic) bond motifs is 2. The van der Waals surface area contributed by atoms with Gasteiger partial charge in [0.2, 0.25) is 5.88 Å². The molecule has 1 aliphatic rings. The predicted octanol–water partition coefficient (Wildman–Crippen LogP) is 3.28. The van der Waals surface area contributed by atoms with Gasteiger partial charge in [0.25, 0.3) is 11.5 Å². The number of rotatable bonds is 4. The first kappa shape index (κ1) is 19.6. The van der Waals surface area contributed by atoms with Crippen LogP contribution in [0.5, 0.6) is 11.6 Å². The monoisotopic (exact) mass is 425 g/mol. The van der Waals surface area contributed by atoms with Gasteiger partial charge in [-0.1, -0.05) is 60.7 Å². The number of carbonyl (C=O) groups is 1. The molecule has 0 fully saturated rings. The number of aromatic amines is 2. The van der Waals surface area contributed by atoms with E-state index in [4.69, 9.17) is 4.74 Å². The SMILES string of the molecule is O=C(NC(c1ccccc1)c1ccccc1)c1ccc2c(c1)Cc1c([nH]c(=O)[nH]c1=O)O2. The summed E-state index contributed by atoms with van der Waals surface area (Å²) in [6, 6.07) is 24.3. The number of hydrogen-bond donors (Lipinski definition) is 3. The minimum Gasteiger partial charge on any atom is -0.440 e. The molecule has 0 aliphatic carbocycles. The van der Waals surface area contributed by atoms with Crippen molar-refractivity contribution >= 4 is 5.91 Å². The van der Waals surface area contributed by atoms with E-state index < -0.39 is 11.2 Å². The molecule has 3 aromatic carbocycles. The van der Waals surface area contributed by atoms with Crippen molar-refractivity contribution in [1.29, 1.82) is 0 Å². The summed E-state index contributed by atoms with van der Waals surface area (Å²) in [7, 11) is 0. The van der Waals surface area contributed by atoms with Crippen molar-refractivity contribution in [3.63, 3.8) is 0 Å². The average Bonchev–Trinajstić information content (AvgIpc) is 2.82. The fraction of sp³-hybridized carbons (Fsp3) is 0.0800. The highest BCUT2D eigenvalue weighted by Crippen LogP contribution is 2.33. The van der Waals surface area contributed by atoms with Crippen LogP contribution in [-0.4, -0.2) is 15.9 Å². The molecule has 0 atom stereocenters. The number of benzene rings is 3. The minimum absolute atomic E-state index is 0.136. The third kappa shape index (κ3) is 3.72. The van der Waals surface area contributed by atoms with E-state index in [2.05, 4.69) is 15.3 Å². The molecule has 0 spiro atoms. The van der Waals surface area contributed by atoms with Gasteiger partial charge in [0.05, 0.1) is 11.6 Å². The van der Waals surface area contributed by atoms with Gasteiger partial charge in [0.1, 0.15) is 5.75 Å². The molecule has 7 nitrogen and oxygen atoms in total. The van der Waals surface area contributed by atoms with Gasteiger partial charge < -0.3 is 10.1 Å². The second-order valence-electron chi connectivity index (χ2n) is 7.55. The molecule has 0 saturated carbocycles. The average molecular weight is 425 g/mol. The molecule has 0 bridgehead atoms. The summed E-state index contributed by atoms with van der Waals surface area (Å²) in [5.41, 5.74) is 2.28. The van der Waals surface area contributed by atoms with Crippen molar-refractivity contribution in [1.82, 2.24) is 15.3 Å². The van der Waals surface area contributed by atoms with E-state index in [0.717, 1.165) is 11.1 Å². The first-order chi connectivity index (χ1) is 15.6. The van der Waals surface area contributed by atoms with Gasteiger partial charge >= 0.3 is 5.69 Å². The highest BCUT2D eigenvalue weighted by molar-refractivity contribution is 5.95. The molecule has 1 amide bonds. The molecule has 158 valence electrons. The molecule has 0 saturated heterocycles. The number of aromatic nitrogens is 2. The standard InChI is InChI=1S/C25H19N3O4/c29-22(26-21(15-7-3-1-4-8-15)16-9-5-2-6-10-16)17-11-12-20-18(13-17)14-19-23(30)27-25(31)28-24(19)32-20/h1-13,21H,14H2,(H,26,29)(H2,27,28,30,31). The van der Waals surface area contributed by atoms with E-state index in [0.29, 0.717) is 22.4 Å². The first-order valence-electron chi connectivity index (χ1n) is 10.2. The summed E-state index contributed by atoms with van der Waals surface area (Å²) in [6.45, 7) is 0. The smallest absolute Gasteiger partial charge is 0.328 e. The van der Waals surface area contributed by atoms with E-state index in [-0.39, 0.29) is 24.2 Å². The van der Waals surface area contributed by atoms with Crippen LogP contribution in [-0.2, 0) is 6.42 Å². The molecule has 2 heterocycles. The van der Waals surface area contributed by atoms with Crippen molar-refractivity contribution in [3.8, 4) is 11.6 Å². The van der Waals surface area contributed by atoms with Crippen LogP contribution in [0.2, 0.25) is 0 Å². The van der Waals surface area contributed by atoms with Gasteiger partial charge in [-0.25, -0.2) is 4.79 Å². The van der Waals surface area contributed by atoms with Crippen LogP contribution in [0, 0.1) is 0 Å². The maximum atomic E-state index is 13.2. The summed E-state index contributed by atoms with van der Waals surface area (Å²) in [5, 5.41) is 3.12. The highest BCUT2D eigenvalue weighted by Gasteiger charge is 2.23.